The van der Waals surface area contributed by atoms with E-state index in [-0.39, 0.29) is 0 Å². The predicted octanol–water partition coefficient (Wildman–Crippen LogP) is 3.59. The molecule has 1 heterocycles. The fourth-order valence-electron chi connectivity index (χ4n) is 1.05. The number of rotatable bonds is 4. The number of hydrogen-bond donors (Lipinski definition) is 1. The van der Waals surface area contributed by atoms with E-state index in [4.69, 9.17) is 5.11 Å². The summed E-state index contributed by atoms with van der Waals surface area (Å²) < 4.78 is 0. The normalized spacial score (nSPS) is 11.9. The van der Waals surface area contributed by atoms with E-state index in [0.717, 1.165) is 10.5 Å². The van der Waals surface area contributed by atoms with Gasteiger partial charge in [-0.2, -0.15) is 0 Å². The van der Waals surface area contributed by atoms with Crippen LogP contribution in [0, 0.1) is 0 Å². The second-order valence-corrected chi connectivity index (χ2v) is 3.77. The van der Waals surface area contributed by atoms with E-state index in [1.807, 2.05) is 25.2 Å². The van der Waals surface area contributed by atoms with Crippen LogP contribution in [0.1, 0.15) is 22.2 Å². The lowest BCUT2D eigenvalue weighted by molar-refractivity contribution is 0.0697. The van der Waals surface area contributed by atoms with Crippen molar-refractivity contribution >= 4 is 22.9 Å². The summed E-state index contributed by atoms with van der Waals surface area (Å²) in [4.78, 5) is 11.6. The minimum atomic E-state index is -0.896. The van der Waals surface area contributed by atoms with Gasteiger partial charge in [-0.15, -0.1) is 11.3 Å². The van der Waals surface area contributed by atoms with Gasteiger partial charge in [-0.3, -0.25) is 0 Å². The first kappa shape index (κ1) is 11.5. The van der Waals surface area contributed by atoms with E-state index < -0.39 is 5.97 Å². The highest BCUT2D eigenvalue weighted by atomic mass is 32.1. The van der Waals surface area contributed by atoms with Crippen LogP contribution in [-0.4, -0.2) is 11.1 Å². The molecule has 78 valence electrons. The number of carboxylic acids is 1. The zero-order valence-electron chi connectivity index (χ0n) is 8.43. The zero-order chi connectivity index (χ0) is 11.3. The number of aromatic carboxylic acids is 1. The van der Waals surface area contributed by atoms with Gasteiger partial charge in [0.05, 0.1) is 5.56 Å². The van der Waals surface area contributed by atoms with Crippen LogP contribution in [0.15, 0.2) is 42.3 Å². The summed E-state index contributed by atoms with van der Waals surface area (Å²) in [5.41, 5.74) is 1.26. The Kier molecular flexibility index (Phi) is 4.06. The van der Waals surface area contributed by atoms with Gasteiger partial charge in [0, 0.05) is 10.3 Å². The van der Waals surface area contributed by atoms with Crippen molar-refractivity contribution in [2.45, 2.75) is 6.92 Å². The van der Waals surface area contributed by atoms with Gasteiger partial charge in [-0.1, -0.05) is 30.9 Å². The molecule has 2 nitrogen and oxygen atoms in total. The van der Waals surface area contributed by atoms with Crippen molar-refractivity contribution < 1.29 is 9.90 Å². The second-order valence-electron chi connectivity index (χ2n) is 2.86. The average molecular weight is 220 g/mol. The number of carboxylic acid groups (broad SMARTS) is 1. The molecule has 0 atom stereocenters. The fourth-order valence-corrected chi connectivity index (χ4v) is 1.96. The molecule has 15 heavy (non-hydrogen) atoms. The van der Waals surface area contributed by atoms with E-state index in [0.29, 0.717) is 5.56 Å². The van der Waals surface area contributed by atoms with E-state index >= 15 is 0 Å². The van der Waals surface area contributed by atoms with E-state index in [2.05, 4.69) is 6.58 Å². The number of carbonyl (C=O) groups is 1. The molecular formula is C12H12O2S. The summed E-state index contributed by atoms with van der Waals surface area (Å²) in [5.74, 6) is -0.896. The number of thiophene rings is 1. The third-order valence-electron chi connectivity index (χ3n) is 1.82. The van der Waals surface area contributed by atoms with Crippen molar-refractivity contribution in [3.8, 4) is 0 Å². The molecule has 1 N–H and O–H groups in total. The van der Waals surface area contributed by atoms with Crippen LogP contribution in [0.2, 0.25) is 0 Å². The molecule has 3 heteroatoms. The van der Waals surface area contributed by atoms with Crippen LogP contribution in [0.25, 0.3) is 5.57 Å². The van der Waals surface area contributed by atoms with Crippen LogP contribution in [0.3, 0.4) is 0 Å². The Morgan fingerprint density at radius 2 is 2.33 bits per heavy atom. The van der Waals surface area contributed by atoms with Gasteiger partial charge in [0.2, 0.25) is 0 Å². The minimum Gasteiger partial charge on any atom is -0.478 e. The van der Waals surface area contributed by atoms with E-state index in [1.165, 1.54) is 11.3 Å². The summed E-state index contributed by atoms with van der Waals surface area (Å²) in [6.07, 6.45) is 7.44. The van der Waals surface area contributed by atoms with Gasteiger partial charge in [0.25, 0.3) is 0 Å². The summed E-state index contributed by atoms with van der Waals surface area (Å²) in [6.45, 7) is 5.63. The zero-order valence-corrected chi connectivity index (χ0v) is 9.25. The van der Waals surface area contributed by atoms with Crippen molar-refractivity contribution in [2.75, 3.05) is 0 Å². The number of allylic oxidation sites excluding steroid dienone is 5. The standard InChI is InChI=1S/C12H12O2S/c1-3-5-6-9(4-2)11-7-10(8-15-11)12(13)14/h3-8H,2H2,1H3,(H,13,14)/b5-3-,9-6+. The minimum absolute atomic E-state index is 0.322. The SMILES string of the molecule is C=C/C(=C\C=C/C)c1cc(C(=O)O)cs1. The van der Waals surface area contributed by atoms with Crippen LogP contribution in [0.5, 0.6) is 0 Å². The van der Waals surface area contributed by atoms with Crippen molar-refractivity contribution in [3.63, 3.8) is 0 Å². The Hall–Kier alpha value is -1.61. The molecular weight excluding hydrogens is 208 g/mol. The summed E-state index contributed by atoms with van der Waals surface area (Å²) >= 11 is 1.41. The molecule has 0 unspecified atom stereocenters. The molecule has 0 radical (unpaired) electrons. The molecule has 0 saturated heterocycles. The lowest BCUT2D eigenvalue weighted by Gasteiger charge is -1.94. The lowest BCUT2D eigenvalue weighted by Crippen LogP contribution is -1.91. The van der Waals surface area contributed by atoms with Crippen molar-refractivity contribution in [3.05, 3.63) is 52.8 Å². The van der Waals surface area contributed by atoms with Crippen LogP contribution < -0.4 is 0 Å². The van der Waals surface area contributed by atoms with Crippen molar-refractivity contribution in [2.24, 2.45) is 0 Å². The van der Waals surface area contributed by atoms with E-state index in [9.17, 15) is 4.79 Å². The molecule has 0 spiro atoms. The maximum absolute atomic E-state index is 10.7. The molecule has 1 rings (SSSR count). The van der Waals surface area contributed by atoms with Gasteiger partial charge in [-0.05, 0) is 18.6 Å². The Balaban J connectivity index is 3.03. The van der Waals surface area contributed by atoms with Crippen LogP contribution >= 0.6 is 11.3 Å². The van der Waals surface area contributed by atoms with Gasteiger partial charge >= 0.3 is 5.97 Å². The maximum atomic E-state index is 10.7. The fraction of sp³-hybridized carbons (Fsp3) is 0.0833. The molecule has 0 aliphatic heterocycles. The molecule has 0 bridgehead atoms. The highest BCUT2D eigenvalue weighted by molar-refractivity contribution is 7.11. The first-order valence-electron chi connectivity index (χ1n) is 4.46. The quantitative estimate of drug-likeness (QED) is 0.787. The Morgan fingerprint density at radius 3 is 2.80 bits per heavy atom. The molecule has 0 aliphatic rings. The molecule has 1 aromatic rings. The van der Waals surface area contributed by atoms with Crippen LogP contribution in [0.4, 0.5) is 0 Å². The van der Waals surface area contributed by atoms with Gasteiger partial charge < -0.3 is 5.11 Å². The summed E-state index contributed by atoms with van der Waals surface area (Å²) in [7, 11) is 0. The monoisotopic (exact) mass is 220 g/mol. The summed E-state index contributed by atoms with van der Waals surface area (Å²) in [6, 6.07) is 1.66. The maximum Gasteiger partial charge on any atom is 0.336 e. The molecule has 0 aliphatic carbocycles. The summed E-state index contributed by atoms with van der Waals surface area (Å²) in [5, 5.41) is 10.4. The molecule has 0 fully saturated rings. The highest BCUT2D eigenvalue weighted by Crippen LogP contribution is 2.24. The molecule has 0 aromatic carbocycles. The van der Waals surface area contributed by atoms with Gasteiger partial charge in [0.15, 0.2) is 0 Å². The molecule has 0 amide bonds. The predicted molar refractivity (Wildman–Crippen MR) is 64.3 cm³/mol. The third kappa shape index (κ3) is 2.92. The first-order valence-corrected chi connectivity index (χ1v) is 5.34. The number of hydrogen-bond acceptors (Lipinski definition) is 2. The second kappa shape index (κ2) is 5.32. The Morgan fingerprint density at radius 1 is 1.60 bits per heavy atom. The Labute approximate surface area is 92.9 Å². The highest BCUT2D eigenvalue weighted by Gasteiger charge is 2.07. The van der Waals surface area contributed by atoms with Crippen LogP contribution in [-0.2, 0) is 0 Å². The topological polar surface area (TPSA) is 37.3 Å². The smallest absolute Gasteiger partial charge is 0.336 e. The molecule has 0 saturated carbocycles. The average Bonchev–Trinajstić information content (AvgIpc) is 2.68. The van der Waals surface area contributed by atoms with Crippen molar-refractivity contribution in [1.29, 1.82) is 0 Å². The van der Waals surface area contributed by atoms with Gasteiger partial charge in [-0.25, -0.2) is 4.79 Å². The Bertz CT molecular complexity index is 425. The van der Waals surface area contributed by atoms with Crippen molar-refractivity contribution in [1.82, 2.24) is 0 Å². The molecule has 1 aromatic heterocycles. The van der Waals surface area contributed by atoms with Gasteiger partial charge in [0.1, 0.15) is 0 Å². The first-order chi connectivity index (χ1) is 7.19. The lowest BCUT2D eigenvalue weighted by atomic mass is 10.2. The van der Waals surface area contributed by atoms with E-state index in [1.54, 1.807) is 17.5 Å². The third-order valence-corrected chi connectivity index (χ3v) is 2.80. The largest absolute Gasteiger partial charge is 0.478 e.